The molecule has 1 amide bonds. The van der Waals surface area contributed by atoms with E-state index in [1.807, 2.05) is 43.9 Å². The molecule has 0 bridgehead atoms. The van der Waals surface area contributed by atoms with E-state index in [0.29, 0.717) is 17.7 Å². The minimum absolute atomic E-state index is 0.00174. The first-order valence-corrected chi connectivity index (χ1v) is 17.7. The lowest BCUT2D eigenvalue weighted by molar-refractivity contribution is -0.159. The van der Waals surface area contributed by atoms with Gasteiger partial charge in [-0.3, -0.25) is 18.5 Å². The summed E-state index contributed by atoms with van der Waals surface area (Å²) in [5, 5.41) is 8.85. The second-order valence-electron chi connectivity index (χ2n) is 12.1. The number of likely N-dealkylation sites (tertiary alicyclic amines) is 1. The van der Waals surface area contributed by atoms with Crippen LogP contribution in [-0.2, 0) is 35.2 Å². The molecule has 44 heavy (non-hydrogen) atoms. The van der Waals surface area contributed by atoms with E-state index in [2.05, 4.69) is 33.3 Å². The van der Waals surface area contributed by atoms with Gasteiger partial charge in [-0.15, -0.1) is 4.67 Å². The van der Waals surface area contributed by atoms with Crippen LogP contribution in [0, 0.1) is 11.3 Å². The summed E-state index contributed by atoms with van der Waals surface area (Å²) >= 11 is 0. The highest BCUT2D eigenvalue weighted by Gasteiger charge is 2.55. The summed E-state index contributed by atoms with van der Waals surface area (Å²) in [6, 6.07) is 15.1. The number of carbonyl (C=O) groups excluding carboxylic acids is 2. The van der Waals surface area contributed by atoms with Gasteiger partial charge in [0.05, 0.1) is 12.0 Å². The first kappa shape index (κ1) is 35.9. The maximum absolute atomic E-state index is 14.8. The van der Waals surface area contributed by atoms with Gasteiger partial charge in [-0.05, 0) is 67.5 Å². The number of benzene rings is 2. The Hall–Kier alpha value is -2.54. The largest absolute Gasteiger partial charge is 0.433 e. The Kier molecular flexibility index (Phi) is 12.8. The van der Waals surface area contributed by atoms with E-state index in [1.165, 1.54) is 30.4 Å². The van der Waals surface area contributed by atoms with Crippen molar-refractivity contribution in [3.8, 4) is 0 Å². The average Bonchev–Trinajstić information content (AvgIpc) is 3.46. The summed E-state index contributed by atoms with van der Waals surface area (Å²) in [5.74, 6) is -0.815. The molecule has 2 aromatic carbocycles. The zero-order valence-electron chi connectivity index (χ0n) is 26.0. The molecule has 4 atom stereocenters. The number of aryl methyl sites for hydroxylation is 1. The standard InChI is InChI=1S/C33H43F2NO6P2/c1-24(26-17-19-27(20-18-26)33(34,35)44(40,41-39)42-43-5)22-29(37)23-30(32(2,3)4)31(38)36-21-11-16-28(36)15-10-9-14-25-12-7-6-8-13-25/h6-8,10,12-13,15,17-20,22,28,30,39,43H,9,11,14,16,21,23H2,1-5H3/b15-10+,24-22+/t28-,30-,44?/m1/s1. The highest BCUT2D eigenvalue weighted by molar-refractivity contribution is 7.60. The number of rotatable bonds is 14. The highest BCUT2D eigenvalue weighted by Crippen LogP contribution is 2.68. The predicted molar refractivity (Wildman–Crippen MR) is 172 cm³/mol. The fourth-order valence-electron chi connectivity index (χ4n) is 5.30. The molecule has 11 heteroatoms. The number of halogens is 2. The lowest BCUT2D eigenvalue weighted by atomic mass is 9.76. The lowest BCUT2D eigenvalue weighted by Crippen LogP contribution is -2.44. The Morgan fingerprint density at radius 2 is 1.80 bits per heavy atom. The molecule has 1 saturated heterocycles. The predicted octanol–water partition coefficient (Wildman–Crippen LogP) is 8.86. The lowest BCUT2D eigenvalue weighted by Gasteiger charge is -2.34. The van der Waals surface area contributed by atoms with E-state index in [1.54, 1.807) is 6.92 Å². The minimum atomic E-state index is -5.14. The molecule has 1 heterocycles. The quantitative estimate of drug-likeness (QED) is 0.0723. The highest BCUT2D eigenvalue weighted by atomic mass is 31.2. The van der Waals surface area contributed by atoms with E-state index in [-0.39, 0.29) is 24.2 Å². The average molecular weight is 650 g/mol. The SMILES string of the molecule is CPOP(=O)(OO)C(F)(F)c1ccc(/C(C)=C/C(=O)C[C@H](C(=O)N2CCC[C@H]2/C=C/CCc2ccccc2)C(C)(C)C)cc1. The number of alkyl halides is 2. The van der Waals surface area contributed by atoms with Crippen LogP contribution in [0.25, 0.3) is 5.57 Å². The fourth-order valence-corrected chi connectivity index (χ4v) is 7.42. The number of amides is 1. The van der Waals surface area contributed by atoms with Gasteiger partial charge in [-0.25, -0.2) is 5.26 Å². The van der Waals surface area contributed by atoms with Crippen molar-refractivity contribution in [3.05, 3.63) is 89.5 Å². The third-order valence-electron chi connectivity index (χ3n) is 7.86. The van der Waals surface area contributed by atoms with Crippen LogP contribution in [0.2, 0.25) is 0 Å². The Morgan fingerprint density at radius 1 is 1.14 bits per heavy atom. The van der Waals surface area contributed by atoms with E-state index >= 15 is 0 Å². The zero-order valence-corrected chi connectivity index (χ0v) is 27.9. The third kappa shape index (κ3) is 9.02. The van der Waals surface area contributed by atoms with Crippen molar-refractivity contribution in [2.45, 2.75) is 71.5 Å². The van der Waals surface area contributed by atoms with Gasteiger partial charge in [0.25, 0.3) is 0 Å². The van der Waals surface area contributed by atoms with Gasteiger partial charge in [0.2, 0.25) is 5.91 Å². The molecule has 7 nitrogen and oxygen atoms in total. The molecule has 0 aromatic heterocycles. The van der Waals surface area contributed by atoms with Gasteiger partial charge in [0, 0.05) is 27.3 Å². The van der Waals surface area contributed by atoms with Crippen molar-refractivity contribution in [2.24, 2.45) is 11.3 Å². The van der Waals surface area contributed by atoms with Crippen molar-refractivity contribution in [3.63, 3.8) is 0 Å². The van der Waals surface area contributed by atoms with Crippen molar-refractivity contribution >= 4 is 33.7 Å². The molecular formula is C33H43F2NO6P2. The second-order valence-corrected chi connectivity index (χ2v) is 15.0. The molecule has 1 N–H and O–H groups in total. The smallest absolute Gasteiger partial charge is 0.336 e. The van der Waals surface area contributed by atoms with Crippen LogP contribution in [0.15, 0.2) is 72.8 Å². The number of allylic oxidation sites excluding steroid dienone is 3. The molecule has 240 valence electrons. The van der Waals surface area contributed by atoms with Gasteiger partial charge in [-0.1, -0.05) is 87.5 Å². The Labute approximate surface area is 261 Å². The van der Waals surface area contributed by atoms with Gasteiger partial charge < -0.3 is 4.90 Å². The summed E-state index contributed by atoms with van der Waals surface area (Å²) in [6.07, 6.45) is 9.30. The normalized spacial score (nSPS) is 18.7. The van der Waals surface area contributed by atoms with Crippen LogP contribution in [0.4, 0.5) is 8.78 Å². The monoisotopic (exact) mass is 649 g/mol. The number of carbonyl (C=O) groups is 2. The van der Waals surface area contributed by atoms with Crippen molar-refractivity contribution in [2.75, 3.05) is 13.2 Å². The number of nitrogens with zero attached hydrogens (tertiary/aromatic N) is 1. The van der Waals surface area contributed by atoms with E-state index in [0.717, 1.165) is 37.8 Å². The molecular weight excluding hydrogens is 606 g/mol. The van der Waals surface area contributed by atoms with Crippen molar-refractivity contribution in [1.82, 2.24) is 4.90 Å². The molecule has 0 radical (unpaired) electrons. The molecule has 1 aliphatic heterocycles. The summed E-state index contributed by atoms with van der Waals surface area (Å²) in [4.78, 5) is 28.9. The van der Waals surface area contributed by atoms with Crippen LogP contribution in [0.5, 0.6) is 0 Å². The second kappa shape index (κ2) is 15.6. The van der Waals surface area contributed by atoms with Gasteiger partial charge in [0.15, 0.2) is 5.78 Å². The van der Waals surface area contributed by atoms with Gasteiger partial charge in [-0.2, -0.15) is 8.78 Å². The number of hydrogen-bond acceptors (Lipinski definition) is 6. The Balaban J connectivity index is 1.69. The van der Waals surface area contributed by atoms with E-state index in [4.69, 9.17) is 5.26 Å². The van der Waals surface area contributed by atoms with Crippen LogP contribution >= 0.6 is 16.4 Å². The fraction of sp³-hybridized carbons (Fsp3) is 0.455. The van der Waals surface area contributed by atoms with Crippen molar-refractivity contribution < 1.29 is 37.2 Å². The first-order chi connectivity index (χ1) is 20.7. The molecule has 1 fully saturated rings. The zero-order chi connectivity index (χ0) is 32.5. The molecule has 3 rings (SSSR count). The Bertz CT molecular complexity index is 1370. The summed E-state index contributed by atoms with van der Waals surface area (Å²) in [5.41, 5.74) is -2.92. The Morgan fingerprint density at radius 3 is 2.39 bits per heavy atom. The number of hydrogen-bond donors (Lipinski definition) is 1. The van der Waals surface area contributed by atoms with E-state index in [9.17, 15) is 22.9 Å². The minimum Gasteiger partial charge on any atom is -0.336 e. The summed E-state index contributed by atoms with van der Waals surface area (Å²) in [7, 11) is -5.73. The van der Waals surface area contributed by atoms with Gasteiger partial charge >= 0.3 is 13.3 Å². The maximum atomic E-state index is 14.8. The van der Waals surface area contributed by atoms with Crippen molar-refractivity contribution in [1.29, 1.82) is 0 Å². The van der Waals surface area contributed by atoms with Gasteiger partial charge in [0.1, 0.15) is 0 Å². The third-order valence-corrected chi connectivity index (χ3v) is 10.7. The summed E-state index contributed by atoms with van der Waals surface area (Å²) < 4.78 is 50.1. The molecule has 0 spiro atoms. The van der Waals surface area contributed by atoms with Crippen LogP contribution in [0.1, 0.15) is 70.1 Å². The van der Waals surface area contributed by atoms with Crippen LogP contribution in [0.3, 0.4) is 0 Å². The number of ketones is 1. The summed E-state index contributed by atoms with van der Waals surface area (Å²) in [6.45, 7) is 9.57. The molecule has 2 unspecified atom stereocenters. The van der Waals surface area contributed by atoms with Crippen LogP contribution < -0.4 is 0 Å². The topological polar surface area (TPSA) is 93.1 Å². The van der Waals surface area contributed by atoms with Crippen LogP contribution in [-0.4, -0.2) is 41.1 Å². The molecule has 0 aliphatic carbocycles. The van der Waals surface area contributed by atoms with E-state index < -0.39 is 39.0 Å². The maximum Gasteiger partial charge on any atom is 0.433 e. The molecule has 0 saturated carbocycles. The molecule has 1 aliphatic rings. The molecule has 2 aromatic rings. The first-order valence-electron chi connectivity index (χ1n) is 14.7.